The van der Waals surface area contributed by atoms with E-state index in [0.29, 0.717) is 24.3 Å². The molecule has 1 aromatic rings. The third-order valence-electron chi connectivity index (χ3n) is 6.39. The van der Waals surface area contributed by atoms with Gasteiger partial charge in [-0.15, -0.1) is 0 Å². The van der Waals surface area contributed by atoms with Crippen molar-refractivity contribution in [2.75, 3.05) is 18.0 Å². The lowest BCUT2D eigenvalue weighted by Gasteiger charge is -2.47. The van der Waals surface area contributed by atoms with Crippen molar-refractivity contribution in [2.24, 2.45) is 11.8 Å². The molecule has 0 bridgehead atoms. The van der Waals surface area contributed by atoms with Crippen molar-refractivity contribution in [1.82, 2.24) is 4.90 Å². The number of nitrogens with zero attached hydrogens (tertiary/aromatic N) is 2. The van der Waals surface area contributed by atoms with Gasteiger partial charge in [0.25, 0.3) is 5.91 Å². The quantitative estimate of drug-likeness (QED) is 0.820. The normalized spacial score (nSPS) is 29.6. The number of carbonyl (C=O) groups is 2. The van der Waals surface area contributed by atoms with Gasteiger partial charge in [-0.25, -0.2) is 0 Å². The molecule has 1 aromatic carbocycles. The number of benzene rings is 1. The van der Waals surface area contributed by atoms with Gasteiger partial charge >= 0.3 is 0 Å². The second-order valence-corrected chi connectivity index (χ2v) is 8.00. The number of piperidine rings is 1. The van der Waals surface area contributed by atoms with Gasteiger partial charge < -0.3 is 9.80 Å². The van der Waals surface area contributed by atoms with Crippen LogP contribution in [0.15, 0.2) is 24.3 Å². The van der Waals surface area contributed by atoms with Crippen LogP contribution in [0.25, 0.3) is 0 Å². The van der Waals surface area contributed by atoms with Gasteiger partial charge in [0.1, 0.15) is 0 Å². The maximum atomic E-state index is 13.1. The number of amides is 2. The molecule has 0 N–H and O–H groups in total. The lowest BCUT2D eigenvalue weighted by atomic mass is 9.73. The summed E-state index contributed by atoms with van der Waals surface area (Å²) in [6.07, 6.45) is 7.77. The van der Waals surface area contributed by atoms with Gasteiger partial charge in [-0.2, -0.15) is 0 Å². The van der Waals surface area contributed by atoms with Crippen LogP contribution in [0.2, 0.25) is 0 Å². The van der Waals surface area contributed by atoms with Crippen molar-refractivity contribution in [3.63, 3.8) is 0 Å². The first-order chi connectivity index (χ1) is 12.1. The topological polar surface area (TPSA) is 40.6 Å². The molecule has 0 aromatic heterocycles. The van der Waals surface area contributed by atoms with E-state index in [1.807, 2.05) is 29.2 Å². The van der Waals surface area contributed by atoms with Crippen LogP contribution in [-0.2, 0) is 4.79 Å². The molecule has 2 amide bonds. The van der Waals surface area contributed by atoms with Crippen LogP contribution in [0.3, 0.4) is 0 Å². The van der Waals surface area contributed by atoms with Crippen LogP contribution < -0.4 is 4.90 Å². The average molecular weight is 340 g/mol. The first kappa shape index (κ1) is 16.6. The van der Waals surface area contributed by atoms with Gasteiger partial charge in [0.15, 0.2) is 0 Å². The summed E-state index contributed by atoms with van der Waals surface area (Å²) in [5.41, 5.74) is 1.68. The average Bonchev–Trinajstić information content (AvgIpc) is 3.07. The largest absolute Gasteiger partial charge is 0.335 e. The number of anilines is 1. The van der Waals surface area contributed by atoms with E-state index in [2.05, 4.69) is 11.8 Å². The number of fused-ring (bicyclic) bond motifs is 1. The Balaban J connectivity index is 1.52. The minimum Gasteiger partial charge on any atom is -0.335 e. The predicted molar refractivity (Wildman–Crippen MR) is 98.6 cm³/mol. The van der Waals surface area contributed by atoms with Crippen molar-refractivity contribution < 1.29 is 9.59 Å². The molecule has 1 aliphatic carbocycles. The molecule has 3 aliphatic rings. The zero-order valence-electron chi connectivity index (χ0n) is 15.1. The molecule has 0 unspecified atom stereocenters. The van der Waals surface area contributed by atoms with Gasteiger partial charge in [0.05, 0.1) is 0 Å². The molecule has 0 spiro atoms. The van der Waals surface area contributed by atoms with Crippen LogP contribution in [0.5, 0.6) is 0 Å². The van der Waals surface area contributed by atoms with Crippen LogP contribution in [0, 0.1) is 11.8 Å². The van der Waals surface area contributed by atoms with E-state index in [0.717, 1.165) is 37.2 Å². The molecule has 4 nitrogen and oxygen atoms in total. The molecular formula is C21H28N2O2. The first-order valence-electron chi connectivity index (χ1n) is 9.86. The third kappa shape index (κ3) is 3.07. The highest BCUT2D eigenvalue weighted by molar-refractivity contribution is 5.97. The summed E-state index contributed by atoms with van der Waals surface area (Å²) in [6, 6.07) is 8.08. The van der Waals surface area contributed by atoms with E-state index in [-0.39, 0.29) is 11.8 Å². The number of rotatable bonds is 2. The minimum absolute atomic E-state index is 0.169. The summed E-state index contributed by atoms with van der Waals surface area (Å²) in [5, 5.41) is 0. The zero-order chi connectivity index (χ0) is 17.4. The minimum atomic E-state index is 0.169. The Labute approximate surface area is 150 Å². The molecule has 0 radical (unpaired) electrons. The molecule has 25 heavy (non-hydrogen) atoms. The Hall–Kier alpha value is -1.84. The van der Waals surface area contributed by atoms with Crippen molar-refractivity contribution in [2.45, 2.75) is 57.9 Å². The Morgan fingerprint density at radius 2 is 1.76 bits per heavy atom. The zero-order valence-corrected chi connectivity index (χ0v) is 15.1. The SMILES string of the molecule is C[C@@H]1CCC[C@@H]2CCCN(C(=O)c3ccc(N4CCCC4=O)cc3)[C@H]21. The van der Waals surface area contributed by atoms with Crippen LogP contribution >= 0.6 is 0 Å². The molecule has 3 atom stereocenters. The summed E-state index contributed by atoms with van der Waals surface area (Å²) in [5.74, 6) is 1.64. The maximum Gasteiger partial charge on any atom is 0.254 e. The van der Waals surface area contributed by atoms with E-state index in [1.54, 1.807) is 0 Å². The van der Waals surface area contributed by atoms with E-state index < -0.39 is 0 Å². The standard InChI is InChI=1S/C21H28N2O2/c1-15-5-2-6-16-7-3-14-23(20(15)16)21(25)17-9-11-18(12-10-17)22-13-4-8-19(22)24/h9-12,15-16,20H,2-8,13-14H2,1H3/t15-,16-,20+/m1/s1. The molecule has 4 heteroatoms. The first-order valence-corrected chi connectivity index (χ1v) is 9.86. The van der Waals surface area contributed by atoms with E-state index in [1.165, 1.54) is 25.7 Å². The fourth-order valence-corrected chi connectivity index (χ4v) is 5.17. The molecule has 2 aliphatic heterocycles. The van der Waals surface area contributed by atoms with Gasteiger partial charge in [-0.1, -0.05) is 13.3 Å². The summed E-state index contributed by atoms with van der Waals surface area (Å²) in [7, 11) is 0. The number of hydrogen-bond acceptors (Lipinski definition) is 2. The Kier molecular flexibility index (Phi) is 4.53. The fraction of sp³-hybridized carbons (Fsp3) is 0.619. The van der Waals surface area contributed by atoms with Gasteiger partial charge in [0.2, 0.25) is 5.91 Å². The predicted octanol–water partition coefficient (Wildman–Crippen LogP) is 3.85. The molecule has 2 saturated heterocycles. The highest BCUT2D eigenvalue weighted by atomic mass is 16.2. The van der Waals surface area contributed by atoms with Gasteiger partial charge in [-0.3, -0.25) is 9.59 Å². The second-order valence-electron chi connectivity index (χ2n) is 8.00. The van der Waals surface area contributed by atoms with E-state index >= 15 is 0 Å². The lowest BCUT2D eigenvalue weighted by molar-refractivity contribution is -0.117. The highest BCUT2D eigenvalue weighted by Gasteiger charge is 2.39. The Morgan fingerprint density at radius 3 is 2.48 bits per heavy atom. The molecule has 4 rings (SSSR count). The van der Waals surface area contributed by atoms with Crippen molar-refractivity contribution in [1.29, 1.82) is 0 Å². The maximum absolute atomic E-state index is 13.1. The monoisotopic (exact) mass is 340 g/mol. The van der Waals surface area contributed by atoms with E-state index in [4.69, 9.17) is 0 Å². The number of carbonyl (C=O) groups excluding carboxylic acids is 2. The third-order valence-corrected chi connectivity index (χ3v) is 6.39. The van der Waals surface area contributed by atoms with Crippen LogP contribution in [-0.4, -0.2) is 35.8 Å². The lowest BCUT2D eigenvalue weighted by Crippen LogP contribution is -2.53. The summed E-state index contributed by atoms with van der Waals surface area (Å²) >= 11 is 0. The molecule has 2 heterocycles. The Morgan fingerprint density at radius 1 is 1.00 bits per heavy atom. The van der Waals surface area contributed by atoms with Gasteiger partial charge in [0, 0.05) is 36.8 Å². The highest BCUT2D eigenvalue weighted by Crippen LogP contribution is 2.39. The summed E-state index contributed by atoms with van der Waals surface area (Å²) in [4.78, 5) is 29.0. The Bertz CT molecular complexity index is 652. The van der Waals surface area contributed by atoms with Crippen molar-refractivity contribution in [3.8, 4) is 0 Å². The second kappa shape index (κ2) is 6.81. The smallest absolute Gasteiger partial charge is 0.254 e. The van der Waals surface area contributed by atoms with Crippen molar-refractivity contribution in [3.05, 3.63) is 29.8 Å². The fourth-order valence-electron chi connectivity index (χ4n) is 5.17. The van der Waals surface area contributed by atoms with Crippen LogP contribution in [0.1, 0.15) is 62.2 Å². The summed E-state index contributed by atoms with van der Waals surface area (Å²) < 4.78 is 0. The molecule has 3 fully saturated rings. The van der Waals surface area contributed by atoms with Crippen molar-refractivity contribution >= 4 is 17.5 Å². The molecule has 1 saturated carbocycles. The van der Waals surface area contributed by atoms with Crippen LogP contribution in [0.4, 0.5) is 5.69 Å². The molecular weight excluding hydrogens is 312 g/mol. The number of hydrogen-bond donors (Lipinski definition) is 0. The number of likely N-dealkylation sites (tertiary alicyclic amines) is 1. The summed E-state index contributed by atoms with van der Waals surface area (Å²) in [6.45, 7) is 3.99. The van der Waals surface area contributed by atoms with E-state index in [9.17, 15) is 9.59 Å². The van der Waals surface area contributed by atoms with Gasteiger partial charge in [-0.05, 0) is 68.2 Å². The molecule has 134 valence electrons.